The van der Waals surface area contributed by atoms with E-state index < -0.39 is 17.6 Å². The smallest absolute Gasteiger partial charge is 0.367 e. The summed E-state index contributed by atoms with van der Waals surface area (Å²) >= 11 is 0. The van der Waals surface area contributed by atoms with Gasteiger partial charge in [-0.3, -0.25) is 4.79 Å². The maximum Gasteiger partial charge on any atom is 0.417 e. The number of aromatic nitrogens is 2. The molecule has 1 saturated carbocycles. The highest BCUT2D eigenvalue weighted by Crippen LogP contribution is 2.38. The SMILES string of the molecule is Cc1cc(NC2CCN(C(=O)c3ccccc3C(F)(F)F)CC2)nc(C2CC2)n1. The predicted molar refractivity (Wildman–Crippen MR) is 103 cm³/mol. The molecule has 1 N–H and O–H groups in total. The number of anilines is 1. The lowest BCUT2D eigenvalue weighted by Gasteiger charge is -2.33. The maximum absolute atomic E-state index is 13.2. The van der Waals surface area contributed by atoms with E-state index in [1.165, 1.54) is 23.1 Å². The molecule has 154 valence electrons. The number of rotatable bonds is 4. The van der Waals surface area contributed by atoms with Crippen molar-refractivity contribution in [1.29, 1.82) is 0 Å². The fraction of sp³-hybridized carbons (Fsp3) is 0.476. The third-order valence-corrected chi connectivity index (χ3v) is 5.41. The first-order valence-corrected chi connectivity index (χ1v) is 9.89. The summed E-state index contributed by atoms with van der Waals surface area (Å²) in [5.41, 5.74) is -0.248. The Morgan fingerprint density at radius 2 is 1.79 bits per heavy atom. The lowest BCUT2D eigenvalue weighted by molar-refractivity contribution is -0.138. The number of amides is 1. The van der Waals surface area contributed by atoms with Crippen molar-refractivity contribution in [3.8, 4) is 0 Å². The van der Waals surface area contributed by atoms with E-state index in [1.807, 2.05) is 13.0 Å². The lowest BCUT2D eigenvalue weighted by Crippen LogP contribution is -2.43. The van der Waals surface area contributed by atoms with Crippen LogP contribution in [0.15, 0.2) is 30.3 Å². The lowest BCUT2D eigenvalue weighted by atomic mass is 10.0. The minimum Gasteiger partial charge on any atom is -0.367 e. The first kappa shape index (κ1) is 19.7. The number of nitrogens with zero attached hydrogens (tertiary/aromatic N) is 3. The monoisotopic (exact) mass is 404 g/mol. The van der Waals surface area contributed by atoms with E-state index >= 15 is 0 Å². The van der Waals surface area contributed by atoms with Gasteiger partial charge in [0.1, 0.15) is 11.6 Å². The number of hydrogen-bond donors (Lipinski definition) is 1. The number of hydrogen-bond acceptors (Lipinski definition) is 4. The summed E-state index contributed by atoms with van der Waals surface area (Å²) in [5, 5.41) is 3.41. The number of aryl methyl sites for hydroxylation is 1. The molecule has 1 aromatic heterocycles. The number of benzene rings is 1. The zero-order chi connectivity index (χ0) is 20.6. The summed E-state index contributed by atoms with van der Waals surface area (Å²) in [5.74, 6) is 1.56. The third kappa shape index (κ3) is 4.52. The third-order valence-electron chi connectivity index (χ3n) is 5.41. The molecule has 0 unspecified atom stereocenters. The number of likely N-dealkylation sites (tertiary alicyclic amines) is 1. The van der Waals surface area contributed by atoms with Gasteiger partial charge < -0.3 is 10.2 Å². The summed E-state index contributed by atoms with van der Waals surface area (Å²) < 4.78 is 39.6. The van der Waals surface area contributed by atoms with Gasteiger partial charge in [0.15, 0.2) is 0 Å². The molecular weight excluding hydrogens is 381 g/mol. The van der Waals surface area contributed by atoms with Crippen molar-refractivity contribution in [1.82, 2.24) is 14.9 Å². The fourth-order valence-corrected chi connectivity index (χ4v) is 3.71. The van der Waals surface area contributed by atoms with Gasteiger partial charge in [0, 0.05) is 36.8 Å². The van der Waals surface area contributed by atoms with Crippen LogP contribution in [0.5, 0.6) is 0 Å². The van der Waals surface area contributed by atoms with E-state index in [4.69, 9.17) is 0 Å². The zero-order valence-corrected chi connectivity index (χ0v) is 16.2. The molecule has 0 bridgehead atoms. The average molecular weight is 404 g/mol. The number of carbonyl (C=O) groups is 1. The maximum atomic E-state index is 13.2. The summed E-state index contributed by atoms with van der Waals surface area (Å²) in [6.07, 6.45) is -0.981. The molecule has 0 radical (unpaired) electrons. The second kappa shape index (κ2) is 7.65. The summed E-state index contributed by atoms with van der Waals surface area (Å²) in [6, 6.07) is 7.00. The number of halogens is 3. The standard InChI is InChI=1S/C21H23F3N4O/c1-13-12-18(27-19(25-13)14-6-7-14)26-15-8-10-28(11-9-15)20(29)16-4-2-3-5-17(16)21(22,23)24/h2-5,12,14-15H,6-11H2,1H3,(H,25,26,27). The second-order valence-electron chi connectivity index (χ2n) is 7.78. The molecular formula is C21H23F3N4O. The van der Waals surface area contributed by atoms with Crippen LogP contribution in [-0.2, 0) is 6.18 Å². The first-order chi connectivity index (χ1) is 13.8. The molecule has 29 heavy (non-hydrogen) atoms. The average Bonchev–Trinajstić information content (AvgIpc) is 3.52. The van der Waals surface area contributed by atoms with E-state index in [0.717, 1.165) is 36.2 Å². The highest BCUT2D eigenvalue weighted by atomic mass is 19.4. The molecule has 5 nitrogen and oxygen atoms in total. The van der Waals surface area contributed by atoms with Crippen LogP contribution in [-0.4, -0.2) is 39.9 Å². The molecule has 2 aromatic rings. The molecule has 0 spiro atoms. The van der Waals surface area contributed by atoms with Crippen LogP contribution in [0.4, 0.5) is 19.0 Å². The Morgan fingerprint density at radius 3 is 2.45 bits per heavy atom. The number of carbonyl (C=O) groups excluding carboxylic acids is 1. The molecule has 2 heterocycles. The van der Waals surface area contributed by atoms with E-state index in [1.54, 1.807) is 0 Å². The molecule has 1 aliphatic heterocycles. The first-order valence-electron chi connectivity index (χ1n) is 9.89. The summed E-state index contributed by atoms with van der Waals surface area (Å²) in [4.78, 5) is 23.3. The van der Waals surface area contributed by atoms with E-state index in [0.29, 0.717) is 31.8 Å². The number of alkyl halides is 3. The van der Waals surface area contributed by atoms with Crippen LogP contribution in [0.3, 0.4) is 0 Å². The Hall–Kier alpha value is -2.64. The van der Waals surface area contributed by atoms with Crippen LogP contribution in [0.25, 0.3) is 0 Å². The van der Waals surface area contributed by atoms with Crippen LogP contribution >= 0.6 is 0 Å². The molecule has 1 amide bonds. The minimum atomic E-state index is -4.55. The van der Waals surface area contributed by atoms with Gasteiger partial charge in [0.05, 0.1) is 11.1 Å². The normalized spacial score (nSPS) is 18.0. The van der Waals surface area contributed by atoms with Gasteiger partial charge in [-0.25, -0.2) is 9.97 Å². The predicted octanol–water partition coefficient (Wildman–Crippen LogP) is 4.40. The Morgan fingerprint density at radius 1 is 1.10 bits per heavy atom. The quantitative estimate of drug-likeness (QED) is 0.821. The van der Waals surface area contributed by atoms with Crippen LogP contribution < -0.4 is 5.32 Å². The van der Waals surface area contributed by atoms with Crippen molar-refractivity contribution in [2.75, 3.05) is 18.4 Å². The van der Waals surface area contributed by atoms with Crippen molar-refractivity contribution in [3.63, 3.8) is 0 Å². The molecule has 4 rings (SSSR count). The van der Waals surface area contributed by atoms with Crippen LogP contribution in [0.1, 0.15) is 59.0 Å². The highest BCUT2D eigenvalue weighted by Gasteiger charge is 2.36. The van der Waals surface area contributed by atoms with Crippen molar-refractivity contribution >= 4 is 11.7 Å². The fourth-order valence-electron chi connectivity index (χ4n) is 3.71. The van der Waals surface area contributed by atoms with Crippen molar-refractivity contribution in [3.05, 3.63) is 53.0 Å². The van der Waals surface area contributed by atoms with E-state index in [2.05, 4.69) is 15.3 Å². The Labute approximate surface area is 167 Å². The van der Waals surface area contributed by atoms with Crippen molar-refractivity contribution in [2.24, 2.45) is 0 Å². The van der Waals surface area contributed by atoms with E-state index in [-0.39, 0.29) is 11.6 Å². The largest absolute Gasteiger partial charge is 0.417 e. The Bertz CT molecular complexity index is 903. The van der Waals surface area contributed by atoms with Gasteiger partial charge in [-0.2, -0.15) is 13.2 Å². The Kier molecular flexibility index (Phi) is 5.19. The van der Waals surface area contributed by atoms with Gasteiger partial charge >= 0.3 is 6.18 Å². The molecule has 8 heteroatoms. The summed E-state index contributed by atoms with van der Waals surface area (Å²) in [6.45, 7) is 2.75. The van der Waals surface area contributed by atoms with Crippen molar-refractivity contribution < 1.29 is 18.0 Å². The van der Waals surface area contributed by atoms with Gasteiger partial charge in [0.25, 0.3) is 5.91 Å². The van der Waals surface area contributed by atoms with Crippen molar-refractivity contribution in [2.45, 2.75) is 50.7 Å². The van der Waals surface area contributed by atoms with Crippen LogP contribution in [0.2, 0.25) is 0 Å². The number of piperidine rings is 1. The molecule has 1 aromatic carbocycles. The van der Waals surface area contributed by atoms with Gasteiger partial charge in [-0.1, -0.05) is 12.1 Å². The van der Waals surface area contributed by atoms with Gasteiger partial charge in [-0.05, 0) is 44.7 Å². The van der Waals surface area contributed by atoms with Gasteiger partial charge in [-0.15, -0.1) is 0 Å². The summed E-state index contributed by atoms with van der Waals surface area (Å²) in [7, 11) is 0. The second-order valence-corrected chi connectivity index (χ2v) is 7.78. The number of nitrogens with one attached hydrogen (secondary N) is 1. The minimum absolute atomic E-state index is 0.123. The molecule has 2 fully saturated rings. The zero-order valence-electron chi connectivity index (χ0n) is 16.2. The molecule has 0 atom stereocenters. The Balaban J connectivity index is 1.39. The highest BCUT2D eigenvalue weighted by molar-refractivity contribution is 5.96. The van der Waals surface area contributed by atoms with Gasteiger partial charge in [0.2, 0.25) is 0 Å². The molecule has 1 aliphatic carbocycles. The topological polar surface area (TPSA) is 58.1 Å². The van der Waals surface area contributed by atoms with E-state index in [9.17, 15) is 18.0 Å². The van der Waals surface area contributed by atoms with Crippen LogP contribution in [0, 0.1) is 6.92 Å². The molecule has 1 saturated heterocycles. The molecule has 2 aliphatic rings.